The van der Waals surface area contributed by atoms with Crippen molar-refractivity contribution in [2.75, 3.05) is 7.11 Å². The van der Waals surface area contributed by atoms with E-state index in [1.165, 1.54) is 0 Å². The highest BCUT2D eigenvalue weighted by Gasteiger charge is 2.21. The summed E-state index contributed by atoms with van der Waals surface area (Å²) in [6.45, 7) is 0. The average molecular weight is 259 g/mol. The van der Waals surface area contributed by atoms with Crippen LogP contribution in [0.1, 0.15) is 16.8 Å². The van der Waals surface area contributed by atoms with Crippen LogP contribution in [0.4, 0.5) is 0 Å². The summed E-state index contributed by atoms with van der Waals surface area (Å²) in [7, 11) is 2.93. The van der Waals surface area contributed by atoms with Crippen molar-refractivity contribution in [1.82, 2.24) is 4.57 Å². The van der Waals surface area contributed by atoms with E-state index in [1.807, 2.05) is 35.9 Å². The fraction of sp³-hybridized carbons (Fsp3) is 0.214. The maximum atomic E-state index is 12.1. The van der Waals surface area contributed by atoms with E-state index < -0.39 is 18.2 Å². The smallest absolute Gasteiger partial charge is 0.374 e. The summed E-state index contributed by atoms with van der Waals surface area (Å²) in [6.07, 6.45) is 1.19. The zero-order valence-corrected chi connectivity index (χ0v) is 10.7. The summed E-state index contributed by atoms with van der Waals surface area (Å²) in [6, 6.07) is 7.39. The third-order valence-corrected chi connectivity index (χ3v) is 2.93. The van der Waals surface area contributed by atoms with Crippen LogP contribution in [0.2, 0.25) is 0 Å². The molecule has 0 fully saturated rings. The Labute approximate surface area is 109 Å². The largest absolute Gasteiger partial charge is 0.463 e. The molecule has 0 aliphatic carbocycles. The number of Topliss-reactive ketones (excluding diaryl/α,β-unsaturated/α-hetero) is 2. The van der Waals surface area contributed by atoms with Gasteiger partial charge in [-0.3, -0.25) is 9.59 Å². The molecule has 0 N–H and O–H groups in total. The van der Waals surface area contributed by atoms with Gasteiger partial charge in [-0.2, -0.15) is 0 Å². The summed E-state index contributed by atoms with van der Waals surface area (Å²) in [4.78, 5) is 34.5. The van der Waals surface area contributed by atoms with Crippen molar-refractivity contribution < 1.29 is 19.1 Å². The molecule has 0 aliphatic rings. The van der Waals surface area contributed by atoms with Crippen molar-refractivity contribution in [3.8, 4) is 0 Å². The molecule has 1 aromatic carbocycles. The number of carbonyl (C=O) groups is 3. The zero-order valence-electron chi connectivity index (χ0n) is 10.7. The molecule has 1 aromatic heterocycles. The molecule has 1 heterocycles. The predicted molar refractivity (Wildman–Crippen MR) is 68.9 cm³/mol. The maximum absolute atomic E-state index is 12.1. The fourth-order valence-electron chi connectivity index (χ4n) is 1.99. The highest BCUT2D eigenvalue weighted by molar-refractivity contribution is 6.38. The first-order valence-corrected chi connectivity index (χ1v) is 5.73. The van der Waals surface area contributed by atoms with Gasteiger partial charge in [0, 0.05) is 29.7 Å². The standard InChI is InChI=1S/C14H13NO4/c1-15-8-10(9-5-3-4-6-11(9)15)12(16)7-13(17)14(18)19-2/h3-6,8H,7H2,1-2H3. The van der Waals surface area contributed by atoms with Gasteiger partial charge < -0.3 is 9.30 Å². The van der Waals surface area contributed by atoms with Gasteiger partial charge in [-0.25, -0.2) is 4.79 Å². The molecular weight excluding hydrogens is 246 g/mol. The van der Waals surface area contributed by atoms with Crippen LogP contribution in [0.15, 0.2) is 30.5 Å². The molecule has 0 bridgehead atoms. The van der Waals surface area contributed by atoms with Crippen LogP contribution in [0.3, 0.4) is 0 Å². The van der Waals surface area contributed by atoms with Gasteiger partial charge >= 0.3 is 5.97 Å². The molecule has 5 heteroatoms. The van der Waals surface area contributed by atoms with E-state index in [-0.39, 0.29) is 5.78 Å². The van der Waals surface area contributed by atoms with E-state index >= 15 is 0 Å². The molecule has 19 heavy (non-hydrogen) atoms. The summed E-state index contributed by atoms with van der Waals surface area (Å²) in [5.74, 6) is -2.21. The van der Waals surface area contributed by atoms with Gasteiger partial charge in [-0.05, 0) is 6.07 Å². The normalized spacial score (nSPS) is 10.4. The molecule has 2 aromatic rings. The van der Waals surface area contributed by atoms with Crippen LogP contribution in [0.5, 0.6) is 0 Å². The number of ether oxygens (including phenoxy) is 1. The minimum Gasteiger partial charge on any atom is -0.463 e. The van der Waals surface area contributed by atoms with Gasteiger partial charge in [0.25, 0.3) is 0 Å². The molecule has 5 nitrogen and oxygen atoms in total. The Hall–Kier alpha value is -2.43. The molecule has 0 saturated heterocycles. The van der Waals surface area contributed by atoms with Gasteiger partial charge in [0.2, 0.25) is 5.78 Å². The first-order valence-electron chi connectivity index (χ1n) is 5.73. The number of esters is 1. The van der Waals surface area contributed by atoms with E-state index in [1.54, 1.807) is 6.20 Å². The number of aryl methyl sites for hydroxylation is 1. The van der Waals surface area contributed by atoms with E-state index in [2.05, 4.69) is 4.74 Å². The van der Waals surface area contributed by atoms with Gasteiger partial charge in [0.05, 0.1) is 13.5 Å². The number of fused-ring (bicyclic) bond motifs is 1. The van der Waals surface area contributed by atoms with Gasteiger partial charge in [-0.15, -0.1) is 0 Å². The quantitative estimate of drug-likeness (QED) is 0.361. The number of para-hydroxylation sites is 1. The van der Waals surface area contributed by atoms with E-state index in [0.717, 1.165) is 18.0 Å². The van der Waals surface area contributed by atoms with Crippen LogP contribution in [-0.2, 0) is 21.4 Å². The lowest BCUT2D eigenvalue weighted by atomic mass is 10.1. The molecular formula is C14H13NO4. The van der Waals surface area contributed by atoms with Gasteiger partial charge in [-0.1, -0.05) is 18.2 Å². The SMILES string of the molecule is COC(=O)C(=O)CC(=O)c1cn(C)c2ccccc12. The number of benzene rings is 1. The molecule has 0 spiro atoms. The van der Waals surface area contributed by atoms with Crippen LogP contribution < -0.4 is 0 Å². The molecule has 0 unspecified atom stereocenters. The van der Waals surface area contributed by atoms with E-state index in [0.29, 0.717) is 5.56 Å². The van der Waals surface area contributed by atoms with Crippen LogP contribution in [0.25, 0.3) is 10.9 Å². The summed E-state index contributed by atoms with van der Waals surface area (Å²) < 4.78 is 6.11. The summed E-state index contributed by atoms with van der Waals surface area (Å²) >= 11 is 0. The Morgan fingerprint density at radius 3 is 2.58 bits per heavy atom. The number of methoxy groups -OCH3 is 1. The van der Waals surface area contributed by atoms with E-state index in [4.69, 9.17) is 0 Å². The number of carbonyl (C=O) groups excluding carboxylic acids is 3. The Bertz CT molecular complexity index is 669. The first-order chi connectivity index (χ1) is 9.04. The van der Waals surface area contributed by atoms with Crippen molar-refractivity contribution in [3.05, 3.63) is 36.0 Å². The van der Waals surface area contributed by atoms with Crippen LogP contribution in [0, 0.1) is 0 Å². The highest BCUT2D eigenvalue weighted by Crippen LogP contribution is 2.21. The summed E-state index contributed by atoms with van der Waals surface area (Å²) in [5.41, 5.74) is 1.34. The molecule has 0 atom stereocenters. The number of nitrogens with zero attached hydrogens (tertiary/aromatic N) is 1. The molecule has 0 amide bonds. The predicted octanol–water partition coefficient (Wildman–Crippen LogP) is 1.49. The summed E-state index contributed by atoms with van der Waals surface area (Å²) in [5, 5.41) is 0.771. The lowest BCUT2D eigenvalue weighted by Crippen LogP contribution is -2.19. The number of aromatic nitrogens is 1. The molecule has 0 aliphatic heterocycles. The molecule has 98 valence electrons. The van der Waals surface area contributed by atoms with Crippen molar-refractivity contribution in [1.29, 1.82) is 0 Å². The monoisotopic (exact) mass is 259 g/mol. The molecule has 2 rings (SSSR count). The Morgan fingerprint density at radius 1 is 1.21 bits per heavy atom. The minimum absolute atomic E-state index is 0.382. The third-order valence-electron chi connectivity index (χ3n) is 2.93. The lowest BCUT2D eigenvalue weighted by molar-refractivity contribution is -0.151. The number of rotatable bonds is 4. The number of hydrogen-bond donors (Lipinski definition) is 0. The molecule has 0 saturated carbocycles. The highest BCUT2D eigenvalue weighted by atomic mass is 16.5. The van der Waals surface area contributed by atoms with Crippen LogP contribution >= 0.6 is 0 Å². The fourth-order valence-corrected chi connectivity index (χ4v) is 1.99. The Morgan fingerprint density at radius 2 is 1.89 bits per heavy atom. The number of ketones is 2. The minimum atomic E-state index is -0.992. The van der Waals surface area contributed by atoms with Crippen molar-refractivity contribution >= 4 is 28.4 Å². The van der Waals surface area contributed by atoms with E-state index in [9.17, 15) is 14.4 Å². The third kappa shape index (κ3) is 2.40. The first kappa shape index (κ1) is 13.0. The zero-order chi connectivity index (χ0) is 14.0. The topological polar surface area (TPSA) is 65.4 Å². The second-order valence-corrected chi connectivity index (χ2v) is 4.19. The van der Waals surface area contributed by atoms with Crippen molar-refractivity contribution in [2.24, 2.45) is 7.05 Å². The van der Waals surface area contributed by atoms with Crippen molar-refractivity contribution in [2.45, 2.75) is 6.42 Å². The second-order valence-electron chi connectivity index (χ2n) is 4.19. The lowest BCUT2D eigenvalue weighted by Gasteiger charge is -1.98. The van der Waals surface area contributed by atoms with Crippen LogP contribution in [-0.4, -0.2) is 29.2 Å². The maximum Gasteiger partial charge on any atom is 0.374 e. The number of hydrogen-bond acceptors (Lipinski definition) is 4. The molecule has 0 radical (unpaired) electrons. The van der Waals surface area contributed by atoms with Crippen molar-refractivity contribution in [3.63, 3.8) is 0 Å². The average Bonchev–Trinajstić information content (AvgIpc) is 2.76. The van der Waals surface area contributed by atoms with Gasteiger partial charge in [0.1, 0.15) is 0 Å². The second kappa shape index (κ2) is 5.06. The Balaban J connectivity index is 2.32. The Kier molecular flexibility index (Phi) is 3.46. The van der Waals surface area contributed by atoms with Gasteiger partial charge in [0.15, 0.2) is 5.78 Å².